The van der Waals surface area contributed by atoms with Gasteiger partial charge in [0, 0.05) is 12.6 Å². The average Bonchev–Trinajstić information content (AvgIpc) is 3.28. The first-order valence-corrected chi connectivity index (χ1v) is 12.9. The van der Waals surface area contributed by atoms with Gasteiger partial charge in [-0.15, -0.1) is 0 Å². The van der Waals surface area contributed by atoms with Crippen LogP contribution < -0.4 is 9.64 Å². The second-order valence-electron chi connectivity index (χ2n) is 7.58. The molecule has 1 amide bonds. The maximum absolute atomic E-state index is 13.3. The first-order valence-electron chi connectivity index (χ1n) is 10.4. The van der Waals surface area contributed by atoms with Crippen molar-refractivity contribution in [2.24, 2.45) is 0 Å². The summed E-state index contributed by atoms with van der Waals surface area (Å²) in [7, 11) is -2.21. The summed E-state index contributed by atoms with van der Waals surface area (Å²) in [4.78, 5) is 23.7. The van der Waals surface area contributed by atoms with Crippen LogP contribution >= 0.6 is 11.3 Å². The van der Waals surface area contributed by atoms with Crippen LogP contribution in [0.15, 0.2) is 65.7 Å². The number of fused-ring (bicyclic) bond motifs is 1. The minimum absolute atomic E-state index is 0.0293. The second kappa shape index (κ2) is 9.86. The van der Waals surface area contributed by atoms with Gasteiger partial charge in [-0.05, 0) is 55.0 Å². The lowest BCUT2D eigenvalue weighted by molar-refractivity contribution is -0.118. The van der Waals surface area contributed by atoms with Gasteiger partial charge in [0.15, 0.2) is 15.0 Å². The fraction of sp³-hybridized carbons (Fsp3) is 0.208. The molecule has 0 fully saturated rings. The van der Waals surface area contributed by atoms with Gasteiger partial charge >= 0.3 is 0 Å². The van der Waals surface area contributed by atoms with E-state index in [1.165, 1.54) is 28.4 Å². The van der Waals surface area contributed by atoms with Gasteiger partial charge in [-0.2, -0.15) is 0 Å². The van der Waals surface area contributed by atoms with E-state index in [1.807, 2.05) is 25.1 Å². The van der Waals surface area contributed by atoms with E-state index < -0.39 is 27.3 Å². The zero-order chi connectivity index (χ0) is 24.3. The highest BCUT2D eigenvalue weighted by Crippen LogP contribution is 2.37. The molecule has 0 spiro atoms. The van der Waals surface area contributed by atoms with E-state index in [1.54, 1.807) is 25.4 Å². The minimum atomic E-state index is -3.77. The first-order chi connectivity index (χ1) is 16.3. The number of anilines is 1. The van der Waals surface area contributed by atoms with E-state index in [2.05, 4.69) is 9.97 Å². The lowest BCUT2D eigenvalue weighted by Gasteiger charge is -2.19. The molecule has 2 heterocycles. The third-order valence-corrected chi connectivity index (χ3v) is 8.19. The Bertz CT molecular complexity index is 1420. The highest BCUT2D eigenvalue weighted by Gasteiger charge is 2.25. The predicted molar refractivity (Wildman–Crippen MR) is 129 cm³/mol. The molecule has 2 aromatic carbocycles. The fourth-order valence-corrected chi connectivity index (χ4v) is 5.71. The number of carbonyl (C=O) groups excluding carboxylic acids is 1. The summed E-state index contributed by atoms with van der Waals surface area (Å²) in [6.07, 6.45) is 1.36. The molecule has 34 heavy (non-hydrogen) atoms. The number of benzene rings is 2. The number of pyridine rings is 1. The molecule has 0 aliphatic carbocycles. The van der Waals surface area contributed by atoms with Gasteiger partial charge in [0.05, 0.1) is 34.7 Å². The number of aryl methyl sites for hydroxylation is 1. The molecule has 0 bridgehead atoms. The van der Waals surface area contributed by atoms with Crippen molar-refractivity contribution in [3.8, 4) is 5.75 Å². The van der Waals surface area contributed by atoms with Crippen molar-refractivity contribution in [2.75, 3.05) is 17.8 Å². The lowest BCUT2D eigenvalue weighted by atomic mass is 10.2. The van der Waals surface area contributed by atoms with Crippen molar-refractivity contribution in [2.45, 2.75) is 24.8 Å². The summed E-state index contributed by atoms with van der Waals surface area (Å²) in [6, 6.07) is 13.7. The number of sulfone groups is 1. The topological polar surface area (TPSA) is 89.5 Å². The summed E-state index contributed by atoms with van der Waals surface area (Å²) in [5, 5.41) is 0.428. The largest absolute Gasteiger partial charge is 0.494 e. The summed E-state index contributed by atoms with van der Waals surface area (Å²) in [6.45, 7) is 2.08. The Kier molecular flexibility index (Phi) is 6.90. The molecule has 0 unspecified atom stereocenters. The zero-order valence-corrected chi connectivity index (χ0v) is 20.2. The zero-order valence-electron chi connectivity index (χ0n) is 18.6. The van der Waals surface area contributed by atoms with E-state index >= 15 is 0 Å². The van der Waals surface area contributed by atoms with Crippen LogP contribution in [0.5, 0.6) is 5.75 Å². The van der Waals surface area contributed by atoms with Gasteiger partial charge in [-0.1, -0.05) is 23.5 Å². The van der Waals surface area contributed by atoms with Crippen LogP contribution in [0, 0.1) is 12.7 Å². The summed E-state index contributed by atoms with van der Waals surface area (Å²) in [5.41, 5.74) is 2.27. The minimum Gasteiger partial charge on any atom is -0.494 e. The Morgan fingerprint density at radius 1 is 1.12 bits per heavy atom. The molecule has 0 radical (unpaired) electrons. The highest BCUT2D eigenvalue weighted by atomic mass is 32.2. The number of aromatic nitrogens is 2. The highest BCUT2D eigenvalue weighted by molar-refractivity contribution is 7.91. The molecule has 4 rings (SSSR count). The van der Waals surface area contributed by atoms with Crippen molar-refractivity contribution < 1.29 is 22.3 Å². The Balaban J connectivity index is 1.65. The molecule has 0 saturated heterocycles. The molecule has 10 heteroatoms. The van der Waals surface area contributed by atoms with Gasteiger partial charge in [0.25, 0.3) is 0 Å². The van der Waals surface area contributed by atoms with Gasteiger partial charge in [0.2, 0.25) is 5.91 Å². The normalized spacial score (nSPS) is 11.5. The third-order valence-electron chi connectivity index (χ3n) is 5.25. The second-order valence-corrected chi connectivity index (χ2v) is 10.7. The van der Waals surface area contributed by atoms with Crippen LogP contribution in [-0.2, 0) is 21.2 Å². The molecule has 4 aromatic rings. The van der Waals surface area contributed by atoms with Crippen molar-refractivity contribution in [3.05, 3.63) is 77.9 Å². The number of hydrogen-bond acceptors (Lipinski definition) is 7. The molecule has 2 aromatic heterocycles. The smallest absolute Gasteiger partial charge is 0.230 e. The van der Waals surface area contributed by atoms with E-state index in [9.17, 15) is 17.6 Å². The molecule has 0 N–H and O–H groups in total. The van der Waals surface area contributed by atoms with Crippen LogP contribution in [0.1, 0.15) is 17.7 Å². The van der Waals surface area contributed by atoms with Crippen molar-refractivity contribution >= 4 is 42.4 Å². The number of carbonyl (C=O) groups is 1. The molecule has 0 saturated carbocycles. The van der Waals surface area contributed by atoms with Crippen LogP contribution in [-0.4, -0.2) is 37.2 Å². The molecule has 7 nitrogen and oxygen atoms in total. The van der Waals surface area contributed by atoms with Crippen molar-refractivity contribution in [3.63, 3.8) is 0 Å². The lowest BCUT2D eigenvalue weighted by Crippen LogP contribution is -2.32. The predicted octanol–water partition coefficient (Wildman–Crippen LogP) is 4.54. The first kappa shape index (κ1) is 23.8. The Morgan fingerprint density at radius 3 is 2.56 bits per heavy atom. The maximum Gasteiger partial charge on any atom is 0.230 e. The van der Waals surface area contributed by atoms with Crippen LogP contribution in [0.25, 0.3) is 10.2 Å². The number of hydrogen-bond donors (Lipinski definition) is 0. The number of amides is 1. The SMILES string of the molecule is COc1ccc(C)c2sc(N(Cc3ccccn3)C(=O)CCS(=O)(=O)c3ccc(F)cc3)nc12. The van der Waals surface area contributed by atoms with Gasteiger partial charge in [-0.25, -0.2) is 17.8 Å². The molecule has 0 aliphatic rings. The number of ether oxygens (including phenoxy) is 1. The summed E-state index contributed by atoms with van der Waals surface area (Å²) >= 11 is 1.34. The monoisotopic (exact) mass is 499 g/mol. The Morgan fingerprint density at radius 2 is 1.88 bits per heavy atom. The van der Waals surface area contributed by atoms with Crippen molar-refractivity contribution in [1.82, 2.24) is 9.97 Å². The van der Waals surface area contributed by atoms with Crippen LogP contribution in [0.4, 0.5) is 9.52 Å². The summed E-state index contributed by atoms with van der Waals surface area (Å²) in [5.74, 6) is -0.763. The maximum atomic E-state index is 13.3. The van der Waals surface area contributed by atoms with E-state index in [4.69, 9.17) is 4.74 Å². The third kappa shape index (κ3) is 5.07. The number of rotatable bonds is 8. The van der Waals surface area contributed by atoms with E-state index in [-0.39, 0.29) is 17.9 Å². The standard InChI is InChI=1S/C24H22FN3O4S2/c1-16-6-11-20(32-2)22-23(16)33-24(27-22)28(15-18-5-3-4-13-26-18)21(29)12-14-34(30,31)19-9-7-17(25)8-10-19/h3-11,13H,12,14-15H2,1-2H3. The van der Waals surface area contributed by atoms with Gasteiger partial charge in [0.1, 0.15) is 17.1 Å². The Hall–Kier alpha value is -3.37. The number of nitrogens with zero attached hydrogens (tertiary/aromatic N) is 3. The van der Waals surface area contributed by atoms with Gasteiger partial charge < -0.3 is 4.74 Å². The van der Waals surface area contributed by atoms with E-state index in [0.29, 0.717) is 22.1 Å². The number of thiazole rings is 1. The fourth-order valence-electron chi connectivity index (χ4n) is 3.41. The quantitative estimate of drug-likeness (QED) is 0.331. The molecule has 176 valence electrons. The molecule has 0 aliphatic heterocycles. The number of methoxy groups -OCH3 is 1. The van der Waals surface area contributed by atoms with Crippen LogP contribution in [0.2, 0.25) is 0 Å². The number of halogens is 1. The van der Waals surface area contributed by atoms with E-state index in [0.717, 1.165) is 22.4 Å². The average molecular weight is 500 g/mol. The van der Waals surface area contributed by atoms with Crippen LogP contribution in [0.3, 0.4) is 0 Å². The Labute approximate surface area is 200 Å². The summed E-state index contributed by atoms with van der Waals surface area (Å²) < 4.78 is 44.9. The molecular weight excluding hydrogens is 477 g/mol. The molecular formula is C24H22FN3O4S2. The van der Waals surface area contributed by atoms with Crippen molar-refractivity contribution in [1.29, 1.82) is 0 Å². The van der Waals surface area contributed by atoms with Gasteiger partial charge in [-0.3, -0.25) is 14.7 Å². The molecule has 0 atom stereocenters.